The Morgan fingerprint density at radius 1 is 1.17 bits per heavy atom. The van der Waals surface area contributed by atoms with Gasteiger partial charge in [0.1, 0.15) is 12.7 Å². The summed E-state index contributed by atoms with van der Waals surface area (Å²) in [5.74, 6) is 0. The standard InChI is InChI=1S/C12H10ClNO3S/c13-11-6-4-10(5-7-11)9-14(15)8-2-1-3-12(14)18(16)17/h1-8H,9H2. The fraction of sp³-hybridized carbons (Fsp3) is 0.0833. The van der Waals surface area contributed by atoms with Crippen LogP contribution in [0.25, 0.3) is 0 Å². The summed E-state index contributed by atoms with van der Waals surface area (Å²) in [5.41, 5.74) is 0.720. The predicted octanol–water partition coefficient (Wildman–Crippen LogP) is 2.25. The molecule has 0 spiro atoms. The first-order chi connectivity index (χ1) is 8.51. The molecule has 6 heteroatoms. The van der Waals surface area contributed by atoms with E-state index in [2.05, 4.69) is 0 Å². The Hall–Kier alpha value is -1.40. The lowest BCUT2D eigenvalue weighted by atomic mass is 10.2. The molecule has 1 aromatic carbocycles. The molecule has 0 radical (unpaired) electrons. The largest absolute Gasteiger partial charge is 0.621 e. The average Bonchev–Trinajstić information content (AvgIpc) is 2.32. The van der Waals surface area contributed by atoms with Crippen LogP contribution < -0.4 is 0 Å². The molecule has 0 bridgehead atoms. The maximum atomic E-state index is 12.5. The van der Waals surface area contributed by atoms with Gasteiger partial charge in [-0.3, -0.25) is 4.65 Å². The van der Waals surface area contributed by atoms with Crippen molar-refractivity contribution in [3.05, 3.63) is 64.5 Å². The molecule has 0 saturated heterocycles. The monoisotopic (exact) mass is 283 g/mol. The Kier molecular flexibility index (Phi) is 3.68. The van der Waals surface area contributed by atoms with Gasteiger partial charge in [0.25, 0.3) is 15.3 Å². The van der Waals surface area contributed by atoms with E-state index in [1.165, 1.54) is 18.4 Å². The molecule has 0 saturated carbocycles. The quantitative estimate of drug-likeness (QED) is 0.475. The first-order valence-corrected chi connectivity index (χ1v) is 6.62. The molecule has 0 N–H and O–H groups in total. The van der Waals surface area contributed by atoms with Gasteiger partial charge in [-0.2, -0.15) is 8.42 Å². The van der Waals surface area contributed by atoms with Gasteiger partial charge in [-0.1, -0.05) is 23.7 Å². The molecule has 18 heavy (non-hydrogen) atoms. The van der Waals surface area contributed by atoms with Gasteiger partial charge in [0.15, 0.2) is 0 Å². The van der Waals surface area contributed by atoms with Crippen LogP contribution in [-0.2, 0) is 16.8 Å². The van der Waals surface area contributed by atoms with Crippen LogP contribution in [0, 0.1) is 5.21 Å². The van der Waals surface area contributed by atoms with Crippen LogP contribution in [0.2, 0.25) is 5.02 Å². The van der Waals surface area contributed by atoms with Crippen molar-refractivity contribution in [2.24, 2.45) is 0 Å². The van der Waals surface area contributed by atoms with E-state index < -0.39 is 14.9 Å². The Labute approximate surface area is 111 Å². The SMILES string of the molecule is O=S(=O)=C1C=CC=C[N+]1([O-])Cc1ccc(Cl)cc1. The summed E-state index contributed by atoms with van der Waals surface area (Å²) in [6.45, 7) is 0.0152. The van der Waals surface area contributed by atoms with E-state index in [9.17, 15) is 13.6 Å². The molecule has 2 rings (SSSR count). The van der Waals surface area contributed by atoms with E-state index in [1.807, 2.05) is 0 Å². The van der Waals surface area contributed by atoms with E-state index in [1.54, 1.807) is 30.3 Å². The van der Waals surface area contributed by atoms with Gasteiger partial charge in [-0.05, 0) is 24.3 Å². The summed E-state index contributed by atoms with van der Waals surface area (Å²) in [6.07, 6.45) is 5.69. The van der Waals surface area contributed by atoms with Crippen molar-refractivity contribution in [1.29, 1.82) is 0 Å². The molecule has 0 aromatic heterocycles. The van der Waals surface area contributed by atoms with E-state index in [0.29, 0.717) is 5.02 Å². The third kappa shape index (κ3) is 2.70. The molecule has 1 heterocycles. The second kappa shape index (κ2) is 5.07. The number of hydrogen-bond donors (Lipinski definition) is 0. The van der Waals surface area contributed by atoms with Crippen molar-refractivity contribution in [3.8, 4) is 0 Å². The van der Waals surface area contributed by atoms with E-state index in [-0.39, 0.29) is 11.5 Å². The number of hydroxylamine groups is 3. The highest BCUT2D eigenvalue weighted by Gasteiger charge is 2.24. The van der Waals surface area contributed by atoms with E-state index in [4.69, 9.17) is 11.6 Å². The number of benzene rings is 1. The van der Waals surface area contributed by atoms with Gasteiger partial charge in [0, 0.05) is 16.7 Å². The summed E-state index contributed by atoms with van der Waals surface area (Å²) in [6, 6.07) is 6.75. The van der Waals surface area contributed by atoms with Crippen LogP contribution in [0.1, 0.15) is 5.56 Å². The highest BCUT2D eigenvalue weighted by atomic mass is 35.5. The molecular weight excluding hydrogens is 274 g/mol. The summed E-state index contributed by atoms with van der Waals surface area (Å²) < 4.78 is 21.1. The third-order valence-corrected chi connectivity index (χ3v) is 3.59. The van der Waals surface area contributed by atoms with Crippen LogP contribution in [0.15, 0.2) is 48.7 Å². The fourth-order valence-corrected chi connectivity index (χ4v) is 2.39. The summed E-state index contributed by atoms with van der Waals surface area (Å²) >= 11 is 5.76. The van der Waals surface area contributed by atoms with Gasteiger partial charge in [-0.25, -0.2) is 0 Å². The fourth-order valence-electron chi connectivity index (χ4n) is 1.70. The minimum Gasteiger partial charge on any atom is -0.621 e. The van der Waals surface area contributed by atoms with Crippen molar-refractivity contribution in [3.63, 3.8) is 0 Å². The third-order valence-electron chi connectivity index (χ3n) is 2.55. The molecule has 1 unspecified atom stereocenters. The lowest BCUT2D eigenvalue weighted by Crippen LogP contribution is -2.42. The summed E-state index contributed by atoms with van der Waals surface area (Å²) in [5, 5.41) is 13.1. The van der Waals surface area contributed by atoms with Gasteiger partial charge in [-0.15, -0.1) is 0 Å². The lowest BCUT2D eigenvalue weighted by Gasteiger charge is -2.37. The number of halogens is 1. The second-order valence-electron chi connectivity index (χ2n) is 3.85. The molecule has 1 aliphatic rings. The molecule has 0 fully saturated rings. The van der Waals surface area contributed by atoms with Crippen molar-refractivity contribution in [2.75, 3.05) is 0 Å². The summed E-state index contributed by atoms with van der Waals surface area (Å²) in [4.78, 5) is -0.201. The predicted molar refractivity (Wildman–Crippen MR) is 71.0 cm³/mol. The smallest absolute Gasteiger partial charge is 0.277 e. The number of quaternary nitrogens is 1. The second-order valence-corrected chi connectivity index (χ2v) is 5.18. The van der Waals surface area contributed by atoms with Crippen LogP contribution in [0.5, 0.6) is 0 Å². The van der Waals surface area contributed by atoms with Gasteiger partial charge < -0.3 is 5.21 Å². The number of hydrogen-bond acceptors (Lipinski definition) is 3. The lowest BCUT2D eigenvalue weighted by molar-refractivity contribution is -0.744. The van der Waals surface area contributed by atoms with E-state index in [0.717, 1.165) is 5.56 Å². The van der Waals surface area contributed by atoms with Crippen LogP contribution in [-0.4, -0.2) is 18.1 Å². The summed E-state index contributed by atoms with van der Waals surface area (Å²) in [7, 11) is -2.54. The molecule has 1 aromatic rings. The molecule has 1 atom stereocenters. The Balaban J connectivity index is 2.37. The molecule has 0 aliphatic carbocycles. The zero-order chi connectivity index (χ0) is 13.2. The van der Waals surface area contributed by atoms with Gasteiger partial charge in [0.2, 0.25) is 0 Å². The maximum Gasteiger partial charge on any atom is 0.277 e. The van der Waals surface area contributed by atoms with Crippen molar-refractivity contribution < 1.29 is 13.1 Å². The first kappa shape index (κ1) is 13.0. The molecule has 4 nitrogen and oxygen atoms in total. The number of allylic oxidation sites excluding steroid dienone is 2. The van der Waals surface area contributed by atoms with Crippen LogP contribution in [0.3, 0.4) is 0 Å². The van der Waals surface area contributed by atoms with Crippen molar-refractivity contribution >= 4 is 26.9 Å². The zero-order valence-corrected chi connectivity index (χ0v) is 10.9. The van der Waals surface area contributed by atoms with Crippen molar-refractivity contribution in [1.82, 2.24) is 0 Å². The topological polar surface area (TPSA) is 57.2 Å². The maximum absolute atomic E-state index is 12.5. The highest BCUT2D eigenvalue weighted by molar-refractivity contribution is 7.72. The molecule has 94 valence electrons. The Morgan fingerprint density at radius 2 is 1.83 bits per heavy atom. The Morgan fingerprint density at radius 3 is 2.44 bits per heavy atom. The van der Waals surface area contributed by atoms with Gasteiger partial charge in [0.05, 0.1) is 0 Å². The zero-order valence-electron chi connectivity index (χ0n) is 9.28. The number of rotatable bonds is 2. The molecule has 1 aliphatic heterocycles. The first-order valence-electron chi connectivity index (χ1n) is 5.17. The van der Waals surface area contributed by atoms with Crippen LogP contribution >= 0.6 is 11.6 Å². The number of nitrogens with zero attached hydrogens (tertiary/aromatic N) is 1. The normalized spacial score (nSPS) is 22.2. The Bertz CT molecular complexity index is 638. The molecular formula is C12H10ClNO3S. The molecule has 0 amide bonds. The van der Waals surface area contributed by atoms with Gasteiger partial charge >= 0.3 is 0 Å². The average molecular weight is 284 g/mol. The highest BCUT2D eigenvalue weighted by Crippen LogP contribution is 2.20. The van der Waals surface area contributed by atoms with Crippen LogP contribution in [0.4, 0.5) is 0 Å². The minimum atomic E-state index is -2.54. The van der Waals surface area contributed by atoms with Crippen molar-refractivity contribution in [2.45, 2.75) is 6.54 Å². The van der Waals surface area contributed by atoms with E-state index >= 15 is 0 Å². The minimum absolute atomic E-state index is 0.0152.